The van der Waals surface area contributed by atoms with Gasteiger partial charge in [-0.1, -0.05) is 18.2 Å². The minimum atomic E-state index is -0.493. The molecule has 2 saturated heterocycles. The van der Waals surface area contributed by atoms with Crippen LogP contribution >= 0.6 is 12.4 Å². The van der Waals surface area contributed by atoms with Crippen molar-refractivity contribution < 1.29 is 9.59 Å². The van der Waals surface area contributed by atoms with E-state index in [2.05, 4.69) is 10.6 Å². The Kier molecular flexibility index (Phi) is 8.11. The van der Waals surface area contributed by atoms with E-state index in [0.29, 0.717) is 18.0 Å². The zero-order valence-corrected chi connectivity index (χ0v) is 17.0. The van der Waals surface area contributed by atoms with Gasteiger partial charge in [0.25, 0.3) is 5.91 Å². The van der Waals surface area contributed by atoms with Crippen LogP contribution in [0.15, 0.2) is 30.3 Å². The second-order valence-electron chi connectivity index (χ2n) is 8.01. The Balaban J connectivity index is 0.00000261. The first-order valence-electron chi connectivity index (χ1n) is 9.92. The fraction of sp³-hybridized carbons (Fsp3) is 0.619. The molecular weight excluding hydrogens is 362 g/mol. The largest absolute Gasteiger partial charge is 0.356 e. The average molecular weight is 394 g/mol. The monoisotopic (exact) mass is 393 g/mol. The van der Waals surface area contributed by atoms with Crippen LogP contribution in [0.25, 0.3) is 0 Å². The van der Waals surface area contributed by atoms with Crippen LogP contribution in [-0.2, 0) is 4.79 Å². The van der Waals surface area contributed by atoms with Gasteiger partial charge in [-0.05, 0) is 70.2 Å². The molecule has 2 amide bonds. The maximum atomic E-state index is 12.8. The third-order valence-corrected chi connectivity index (χ3v) is 5.79. The number of nitrogens with one attached hydrogen (secondary N) is 2. The van der Waals surface area contributed by atoms with Crippen LogP contribution in [0.1, 0.15) is 49.4 Å². The number of rotatable bonds is 5. The minimum absolute atomic E-state index is 0. The predicted molar refractivity (Wildman–Crippen MR) is 110 cm³/mol. The molecule has 0 aromatic heterocycles. The molecule has 150 valence electrons. The molecule has 5 nitrogen and oxygen atoms in total. The summed E-state index contributed by atoms with van der Waals surface area (Å²) in [6.45, 7) is 6.13. The highest BCUT2D eigenvalue weighted by atomic mass is 35.5. The normalized spacial score (nSPS) is 25.4. The van der Waals surface area contributed by atoms with Crippen LogP contribution in [-0.4, -0.2) is 49.4 Å². The molecule has 1 aromatic carbocycles. The third-order valence-electron chi connectivity index (χ3n) is 5.79. The number of likely N-dealkylation sites (tertiary alicyclic amines) is 1. The van der Waals surface area contributed by atoms with E-state index in [9.17, 15) is 9.59 Å². The molecule has 2 N–H and O–H groups in total. The van der Waals surface area contributed by atoms with Crippen LogP contribution in [0.4, 0.5) is 0 Å². The number of hydrogen-bond acceptors (Lipinski definition) is 3. The lowest BCUT2D eigenvalue weighted by molar-refractivity contribution is -0.132. The first-order valence-corrected chi connectivity index (χ1v) is 9.92. The number of halogens is 1. The molecule has 27 heavy (non-hydrogen) atoms. The molecule has 2 fully saturated rings. The number of carbonyl (C=O) groups is 2. The number of carbonyl (C=O) groups excluding carboxylic acids is 2. The van der Waals surface area contributed by atoms with Crippen molar-refractivity contribution >= 4 is 24.2 Å². The summed E-state index contributed by atoms with van der Waals surface area (Å²) in [4.78, 5) is 27.4. The van der Waals surface area contributed by atoms with Gasteiger partial charge >= 0.3 is 0 Å². The molecule has 2 aliphatic rings. The van der Waals surface area contributed by atoms with Crippen LogP contribution in [0, 0.1) is 11.3 Å². The number of piperidine rings is 2. The molecular formula is C21H32ClN3O2. The van der Waals surface area contributed by atoms with Crippen LogP contribution in [0.3, 0.4) is 0 Å². The summed E-state index contributed by atoms with van der Waals surface area (Å²) < 4.78 is 0. The van der Waals surface area contributed by atoms with E-state index in [-0.39, 0.29) is 24.2 Å². The molecule has 2 unspecified atom stereocenters. The van der Waals surface area contributed by atoms with Gasteiger partial charge in [-0.15, -0.1) is 12.4 Å². The predicted octanol–water partition coefficient (Wildman–Crippen LogP) is 2.86. The molecule has 3 rings (SSSR count). The quantitative estimate of drug-likeness (QED) is 0.808. The van der Waals surface area contributed by atoms with Crippen molar-refractivity contribution in [1.29, 1.82) is 0 Å². The molecule has 2 aliphatic heterocycles. The summed E-state index contributed by atoms with van der Waals surface area (Å²) in [6.07, 6.45) is 5.21. The molecule has 1 aromatic rings. The van der Waals surface area contributed by atoms with Crippen molar-refractivity contribution in [2.24, 2.45) is 11.3 Å². The molecule has 6 heteroatoms. The number of hydrogen-bond donors (Lipinski definition) is 2. The maximum Gasteiger partial charge on any atom is 0.253 e. The molecule has 2 heterocycles. The van der Waals surface area contributed by atoms with Crippen molar-refractivity contribution in [2.45, 2.75) is 39.0 Å². The van der Waals surface area contributed by atoms with Crippen LogP contribution in [0.2, 0.25) is 0 Å². The van der Waals surface area contributed by atoms with Crippen LogP contribution in [0.5, 0.6) is 0 Å². The molecule has 2 atom stereocenters. The molecule has 0 aliphatic carbocycles. The second kappa shape index (κ2) is 10.1. The van der Waals surface area contributed by atoms with Gasteiger partial charge in [0.15, 0.2) is 0 Å². The number of benzene rings is 1. The van der Waals surface area contributed by atoms with Crippen LogP contribution < -0.4 is 10.6 Å². The molecule has 0 bridgehead atoms. The van der Waals surface area contributed by atoms with Crippen molar-refractivity contribution in [3.8, 4) is 0 Å². The maximum absolute atomic E-state index is 12.8. The van der Waals surface area contributed by atoms with Gasteiger partial charge < -0.3 is 15.5 Å². The lowest BCUT2D eigenvalue weighted by Gasteiger charge is -2.39. The molecule has 0 saturated carbocycles. The van der Waals surface area contributed by atoms with Gasteiger partial charge in [-0.3, -0.25) is 9.59 Å². The van der Waals surface area contributed by atoms with Crippen molar-refractivity contribution in [3.63, 3.8) is 0 Å². The Morgan fingerprint density at radius 3 is 2.74 bits per heavy atom. The first-order chi connectivity index (χ1) is 12.6. The van der Waals surface area contributed by atoms with Gasteiger partial charge in [0, 0.05) is 25.2 Å². The van der Waals surface area contributed by atoms with E-state index in [1.165, 1.54) is 12.8 Å². The van der Waals surface area contributed by atoms with Crippen molar-refractivity contribution in [2.75, 3.05) is 32.7 Å². The van der Waals surface area contributed by atoms with E-state index in [1.807, 2.05) is 42.2 Å². The number of amides is 2. The van der Waals surface area contributed by atoms with Gasteiger partial charge in [-0.25, -0.2) is 0 Å². The zero-order chi connectivity index (χ0) is 18.4. The van der Waals surface area contributed by atoms with Gasteiger partial charge in [0.05, 0.1) is 5.41 Å². The summed E-state index contributed by atoms with van der Waals surface area (Å²) >= 11 is 0. The summed E-state index contributed by atoms with van der Waals surface area (Å²) in [7, 11) is 0. The standard InChI is InChI=1S/C21H31N3O2.ClH/c1-21(20(26)23-13-10-17-7-5-12-22-15-17)11-6-14-24(16-21)19(25)18-8-3-2-4-9-18;/h2-4,8-9,17,22H,5-7,10-16H2,1H3,(H,23,26);1H. The summed E-state index contributed by atoms with van der Waals surface area (Å²) in [5, 5.41) is 6.56. The lowest BCUT2D eigenvalue weighted by Crippen LogP contribution is -2.52. The highest BCUT2D eigenvalue weighted by Crippen LogP contribution is 2.30. The fourth-order valence-electron chi connectivity index (χ4n) is 4.14. The van der Waals surface area contributed by atoms with E-state index in [0.717, 1.165) is 45.4 Å². The van der Waals surface area contributed by atoms with Gasteiger partial charge in [0.2, 0.25) is 5.91 Å². The molecule has 0 radical (unpaired) electrons. The SMILES string of the molecule is CC1(C(=O)NCCC2CCCNC2)CCCN(C(=O)c2ccccc2)C1.Cl. The number of nitrogens with zero attached hydrogens (tertiary/aromatic N) is 1. The average Bonchev–Trinajstić information content (AvgIpc) is 2.69. The lowest BCUT2D eigenvalue weighted by atomic mass is 9.80. The third kappa shape index (κ3) is 5.69. The molecule has 0 spiro atoms. The highest BCUT2D eigenvalue weighted by molar-refractivity contribution is 5.95. The fourth-order valence-corrected chi connectivity index (χ4v) is 4.14. The highest BCUT2D eigenvalue weighted by Gasteiger charge is 2.39. The summed E-state index contributed by atoms with van der Waals surface area (Å²) in [6, 6.07) is 9.35. The first kappa shape index (κ1) is 21.7. The smallest absolute Gasteiger partial charge is 0.253 e. The van der Waals surface area contributed by atoms with Gasteiger partial charge in [0.1, 0.15) is 0 Å². The topological polar surface area (TPSA) is 61.4 Å². The Bertz CT molecular complexity index is 619. The van der Waals surface area contributed by atoms with Crippen molar-refractivity contribution in [3.05, 3.63) is 35.9 Å². The Morgan fingerprint density at radius 1 is 1.26 bits per heavy atom. The van der Waals surface area contributed by atoms with Crippen molar-refractivity contribution in [1.82, 2.24) is 15.5 Å². The van der Waals surface area contributed by atoms with E-state index >= 15 is 0 Å². The second-order valence-corrected chi connectivity index (χ2v) is 8.01. The Labute approximate surface area is 168 Å². The van der Waals surface area contributed by atoms with E-state index in [1.54, 1.807) is 0 Å². The van der Waals surface area contributed by atoms with Gasteiger partial charge in [-0.2, -0.15) is 0 Å². The summed E-state index contributed by atoms with van der Waals surface area (Å²) in [5.41, 5.74) is 0.204. The van der Waals surface area contributed by atoms with E-state index < -0.39 is 5.41 Å². The summed E-state index contributed by atoms with van der Waals surface area (Å²) in [5.74, 6) is 0.781. The minimum Gasteiger partial charge on any atom is -0.356 e. The van der Waals surface area contributed by atoms with E-state index in [4.69, 9.17) is 0 Å². The Morgan fingerprint density at radius 2 is 2.04 bits per heavy atom. The zero-order valence-electron chi connectivity index (χ0n) is 16.2. The Hall–Kier alpha value is -1.59.